The molecule has 1 saturated carbocycles. The van der Waals surface area contributed by atoms with Crippen molar-refractivity contribution < 1.29 is 9.59 Å². The third kappa shape index (κ3) is 5.02. The number of amides is 2. The molecule has 0 bridgehead atoms. The quantitative estimate of drug-likeness (QED) is 0.807. The van der Waals surface area contributed by atoms with Gasteiger partial charge in [-0.15, -0.1) is 12.4 Å². The normalized spacial score (nSPS) is 20.6. The van der Waals surface area contributed by atoms with Gasteiger partial charge in [0.05, 0.1) is 11.5 Å². The molecule has 1 aromatic carbocycles. The van der Waals surface area contributed by atoms with Gasteiger partial charge in [-0.25, -0.2) is 0 Å². The Balaban J connectivity index is 0.00000261. The average molecular weight is 394 g/mol. The van der Waals surface area contributed by atoms with E-state index in [1.165, 1.54) is 0 Å². The fourth-order valence-electron chi connectivity index (χ4n) is 4.26. The summed E-state index contributed by atoms with van der Waals surface area (Å²) in [6.45, 7) is 3.46. The first-order chi connectivity index (χ1) is 12.5. The van der Waals surface area contributed by atoms with Crippen LogP contribution in [0.15, 0.2) is 30.3 Å². The molecule has 1 aliphatic carbocycles. The lowest BCUT2D eigenvalue weighted by molar-refractivity contribution is -0.134. The Morgan fingerprint density at radius 1 is 1.19 bits per heavy atom. The minimum absolute atomic E-state index is 0. The highest BCUT2D eigenvalue weighted by Crippen LogP contribution is 2.28. The highest BCUT2D eigenvalue weighted by Gasteiger charge is 2.38. The van der Waals surface area contributed by atoms with Crippen LogP contribution in [0.3, 0.4) is 0 Å². The van der Waals surface area contributed by atoms with E-state index in [0.717, 1.165) is 50.5 Å². The van der Waals surface area contributed by atoms with Crippen LogP contribution in [0.2, 0.25) is 0 Å². The topological polar surface area (TPSA) is 75.4 Å². The number of likely N-dealkylation sites (tertiary alicyclic amines) is 1. The molecule has 0 radical (unpaired) electrons. The summed E-state index contributed by atoms with van der Waals surface area (Å²) in [6.07, 6.45) is 6.05. The smallest absolute Gasteiger partial charge is 0.240 e. The van der Waals surface area contributed by atoms with E-state index in [1.54, 1.807) is 0 Å². The number of halogens is 1. The van der Waals surface area contributed by atoms with E-state index in [4.69, 9.17) is 5.73 Å². The minimum atomic E-state index is -0.673. The van der Waals surface area contributed by atoms with Crippen LogP contribution in [0.5, 0.6) is 0 Å². The summed E-state index contributed by atoms with van der Waals surface area (Å²) in [4.78, 5) is 27.4. The first-order valence-corrected chi connectivity index (χ1v) is 9.97. The first-order valence-electron chi connectivity index (χ1n) is 9.97. The predicted molar refractivity (Wildman–Crippen MR) is 110 cm³/mol. The molecule has 2 aliphatic rings. The van der Waals surface area contributed by atoms with E-state index in [9.17, 15) is 9.59 Å². The van der Waals surface area contributed by atoms with Crippen molar-refractivity contribution in [3.05, 3.63) is 35.9 Å². The number of rotatable bonds is 5. The zero-order chi connectivity index (χ0) is 18.6. The number of nitrogens with one attached hydrogen (secondary N) is 1. The SMILES string of the molecule is CCC(C(=O)N1CCC(NC(=O)C2(N)CCCC2)CC1)c1ccccc1.Cl. The summed E-state index contributed by atoms with van der Waals surface area (Å²) in [5.74, 6) is 0.123. The molecule has 1 saturated heterocycles. The summed E-state index contributed by atoms with van der Waals surface area (Å²) in [5.41, 5.74) is 6.65. The van der Waals surface area contributed by atoms with Crippen LogP contribution in [-0.4, -0.2) is 41.4 Å². The van der Waals surface area contributed by atoms with Crippen LogP contribution in [0, 0.1) is 0 Å². The largest absolute Gasteiger partial charge is 0.352 e. The fraction of sp³-hybridized carbons (Fsp3) is 0.619. The van der Waals surface area contributed by atoms with E-state index >= 15 is 0 Å². The zero-order valence-corrected chi connectivity index (χ0v) is 17.0. The Morgan fingerprint density at radius 2 is 1.78 bits per heavy atom. The lowest BCUT2D eigenvalue weighted by Gasteiger charge is -2.36. The van der Waals surface area contributed by atoms with Crippen LogP contribution in [-0.2, 0) is 9.59 Å². The van der Waals surface area contributed by atoms with Gasteiger partial charge < -0.3 is 16.0 Å². The maximum absolute atomic E-state index is 12.9. The number of nitrogens with zero attached hydrogens (tertiary/aromatic N) is 1. The second-order valence-electron chi connectivity index (χ2n) is 7.81. The number of piperidine rings is 1. The number of hydrogen-bond acceptors (Lipinski definition) is 3. The van der Waals surface area contributed by atoms with Crippen LogP contribution in [0.1, 0.15) is 63.4 Å². The average Bonchev–Trinajstić information content (AvgIpc) is 3.12. The molecule has 0 aromatic heterocycles. The van der Waals surface area contributed by atoms with Crippen molar-refractivity contribution in [1.82, 2.24) is 10.2 Å². The Kier molecular flexibility index (Phi) is 7.68. The minimum Gasteiger partial charge on any atom is -0.352 e. The molecular formula is C21H32ClN3O2. The lowest BCUT2D eigenvalue weighted by atomic mass is 9.93. The van der Waals surface area contributed by atoms with E-state index in [2.05, 4.69) is 12.2 Å². The van der Waals surface area contributed by atoms with E-state index in [-0.39, 0.29) is 36.2 Å². The standard InChI is InChI=1S/C21H31N3O2.ClH/c1-2-18(16-8-4-3-5-9-16)19(25)24-14-10-17(11-15-24)23-20(26)21(22)12-6-7-13-21;/h3-5,8-9,17-18H,2,6-7,10-15,22H2,1H3,(H,23,26);1H. The molecule has 3 N–H and O–H groups in total. The molecule has 0 spiro atoms. The van der Waals surface area contributed by atoms with Gasteiger partial charge in [-0.2, -0.15) is 0 Å². The summed E-state index contributed by atoms with van der Waals surface area (Å²) >= 11 is 0. The van der Waals surface area contributed by atoms with E-state index < -0.39 is 5.54 Å². The van der Waals surface area contributed by atoms with Crippen molar-refractivity contribution >= 4 is 24.2 Å². The summed E-state index contributed by atoms with van der Waals surface area (Å²) in [5, 5.41) is 3.13. The van der Waals surface area contributed by atoms with E-state index in [0.29, 0.717) is 13.1 Å². The third-order valence-electron chi connectivity index (χ3n) is 6.00. The molecule has 150 valence electrons. The molecular weight excluding hydrogens is 362 g/mol. The number of carbonyl (C=O) groups is 2. The highest BCUT2D eigenvalue weighted by atomic mass is 35.5. The van der Waals surface area contributed by atoms with Gasteiger partial charge in [0, 0.05) is 19.1 Å². The molecule has 2 fully saturated rings. The molecule has 1 aliphatic heterocycles. The number of carbonyl (C=O) groups excluding carboxylic acids is 2. The Hall–Kier alpha value is -1.59. The van der Waals surface area contributed by atoms with Gasteiger partial charge in [0.1, 0.15) is 0 Å². The maximum Gasteiger partial charge on any atom is 0.240 e. The van der Waals surface area contributed by atoms with Crippen molar-refractivity contribution in [1.29, 1.82) is 0 Å². The molecule has 3 rings (SSSR count). The van der Waals surface area contributed by atoms with Crippen LogP contribution in [0.4, 0.5) is 0 Å². The Morgan fingerprint density at radius 3 is 2.33 bits per heavy atom. The van der Waals surface area contributed by atoms with Crippen LogP contribution < -0.4 is 11.1 Å². The first kappa shape index (κ1) is 21.7. The monoisotopic (exact) mass is 393 g/mol. The molecule has 1 aromatic rings. The van der Waals surface area contributed by atoms with Gasteiger partial charge in [0.2, 0.25) is 11.8 Å². The molecule has 27 heavy (non-hydrogen) atoms. The van der Waals surface area contributed by atoms with E-state index in [1.807, 2.05) is 35.2 Å². The second kappa shape index (κ2) is 9.56. The van der Waals surface area contributed by atoms with Crippen LogP contribution >= 0.6 is 12.4 Å². The van der Waals surface area contributed by atoms with Crippen molar-refractivity contribution in [2.24, 2.45) is 5.73 Å². The van der Waals surface area contributed by atoms with Crippen molar-refractivity contribution in [2.75, 3.05) is 13.1 Å². The zero-order valence-electron chi connectivity index (χ0n) is 16.2. The molecule has 1 atom stereocenters. The second-order valence-corrected chi connectivity index (χ2v) is 7.81. The maximum atomic E-state index is 12.9. The van der Waals surface area contributed by atoms with Crippen molar-refractivity contribution in [3.8, 4) is 0 Å². The van der Waals surface area contributed by atoms with Gasteiger partial charge in [-0.1, -0.05) is 50.1 Å². The van der Waals surface area contributed by atoms with Crippen molar-refractivity contribution in [2.45, 2.75) is 69.4 Å². The number of hydrogen-bond donors (Lipinski definition) is 2. The predicted octanol–water partition coefficient (Wildman–Crippen LogP) is 2.98. The van der Waals surface area contributed by atoms with Crippen LogP contribution in [0.25, 0.3) is 0 Å². The Labute approximate surface area is 168 Å². The highest BCUT2D eigenvalue weighted by molar-refractivity contribution is 5.87. The van der Waals surface area contributed by atoms with Gasteiger partial charge in [0.15, 0.2) is 0 Å². The third-order valence-corrected chi connectivity index (χ3v) is 6.00. The fourth-order valence-corrected chi connectivity index (χ4v) is 4.26. The van der Waals surface area contributed by atoms with Crippen molar-refractivity contribution in [3.63, 3.8) is 0 Å². The van der Waals surface area contributed by atoms with Gasteiger partial charge in [-0.05, 0) is 37.7 Å². The number of nitrogens with two attached hydrogens (primary N) is 1. The molecule has 1 heterocycles. The van der Waals surface area contributed by atoms with Gasteiger partial charge in [0.25, 0.3) is 0 Å². The summed E-state index contributed by atoms with van der Waals surface area (Å²) in [6, 6.07) is 10.1. The number of benzene rings is 1. The Bertz CT molecular complexity index is 624. The summed E-state index contributed by atoms with van der Waals surface area (Å²) in [7, 11) is 0. The van der Waals surface area contributed by atoms with Gasteiger partial charge in [-0.3, -0.25) is 9.59 Å². The summed E-state index contributed by atoms with van der Waals surface area (Å²) < 4.78 is 0. The molecule has 6 heteroatoms. The molecule has 5 nitrogen and oxygen atoms in total. The molecule has 1 unspecified atom stereocenters. The lowest BCUT2D eigenvalue weighted by Crippen LogP contribution is -2.56. The molecule has 2 amide bonds. The van der Waals surface area contributed by atoms with Gasteiger partial charge >= 0.3 is 0 Å².